The summed E-state index contributed by atoms with van der Waals surface area (Å²) in [7, 11) is 0. The van der Waals surface area contributed by atoms with Crippen LogP contribution in [-0.4, -0.2) is 42.1 Å². The third-order valence-electron chi connectivity index (χ3n) is 3.21. The topological polar surface area (TPSA) is 73.5 Å². The first-order valence-electron chi connectivity index (χ1n) is 5.86. The Bertz CT molecular complexity index is 406. The van der Waals surface area contributed by atoms with E-state index in [0.29, 0.717) is 25.6 Å². The van der Waals surface area contributed by atoms with E-state index in [1.807, 2.05) is 6.07 Å². The van der Waals surface area contributed by atoms with Crippen molar-refractivity contribution in [2.24, 2.45) is 5.73 Å². The molecule has 0 aromatic carbocycles. The lowest BCUT2D eigenvalue weighted by atomic mass is 10.2. The van der Waals surface area contributed by atoms with Gasteiger partial charge in [-0.25, -0.2) is 9.97 Å². The molecular weight excluding hydrogens is 220 g/mol. The Morgan fingerprint density at radius 2 is 2.24 bits per heavy atom. The molecule has 0 aliphatic carbocycles. The summed E-state index contributed by atoms with van der Waals surface area (Å²) >= 11 is 0. The van der Waals surface area contributed by atoms with Crippen molar-refractivity contribution in [3.8, 4) is 0 Å². The van der Waals surface area contributed by atoms with Gasteiger partial charge in [0.05, 0.1) is 26.3 Å². The monoisotopic (exact) mass is 236 g/mol. The molecule has 0 saturated carbocycles. The number of rotatable bonds is 2. The molecule has 92 valence electrons. The number of nitrogens with zero attached hydrogens (tertiary/aromatic N) is 3. The van der Waals surface area contributed by atoms with Crippen LogP contribution in [0.15, 0.2) is 12.3 Å². The summed E-state index contributed by atoms with van der Waals surface area (Å²) in [5, 5.41) is 0. The largest absolute Gasteiger partial charge is 0.351 e. The summed E-state index contributed by atoms with van der Waals surface area (Å²) in [4.78, 5) is 10.7. The molecule has 1 aromatic heterocycles. The van der Waals surface area contributed by atoms with Crippen LogP contribution in [0.3, 0.4) is 0 Å². The van der Waals surface area contributed by atoms with Gasteiger partial charge in [0.2, 0.25) is 0 Å². The average Bonchev–Trinajstić information content (AvgIpc) is 3.01. The van der Waals surface area contributed by atoms with Crippen molar-refractivity contribution >= 4 is 5.82 Å². The van der Waals surface area contributed by atoms with Crippen LogP contribution < -0.4 is 10.6 Å². The summed E-state index contributed by atoms with van der Waals surface area (Å²) in [5.41, 5.74) is 5.54. The number of hydrogen-bond acceptors (Lipinski definition) is 6. The van der Waals surface area contributed by atoms with Crippen molar-refractivity contribution in [3.63, 3.8) is 0 Å². The maximum absolute atomic E-state index is 5.68. The molecular formula is C11H16N4O2. The number of ether oxygens (including phenoxy) is 2. The smallest absolute Gasteiger partial charge is 0.187 e. The highest BCUT2D eigenvalue weighted by Gasteiger charge is 2.43. The van der Waals surface area contributed by atoms with E-state index in [1.54, 1.807) is 6.20 Å². The zero-order chi connectivity index (χ0) is 11.7. The second kappa shape index (κ2) is 4.21. The van der Waals surface area contributed by atoms with E-state index >= 15 is 0 Å². The Balaban J connectivity index is 1.77. The highest BCUT2D eigenvalue weighted by atomic mass is 16.7. The second-order valence-electron chi connectivity index (χ2n) is 4.31. The molecule has 0 amide bonds. The molecule has 2 saturated heterocycles. The molecule has 6 heteroatoms. The zero-order valence-corrected chi connectivity index (χ0v) is 9.63. The SMILES string of the molecule is NCc1nccc(N2CCC3(C2)OCCO3)n1. The van der Waals surface area contributed by atoms with Crippen LogP contribution in [0.1, 0.15) is 12.2 Å². The molecule has 0 bridgehead atoms. The van der Waals surface area contributed by atoms with E-state index in [9.17, 15) is 0 Å². The zero-order valence-electron chi connectivity index (χ0n) is 9.63. The van der Waals surface area contributed by atoms with Crippen LogP contribution in [0, 0.1) is 0 Å². The van der Waals surface area contributed by atoms with Crippen LogP contribution in [-0.2, 0) is 16.0 Å². The Labute approximate surface area is 99.7 Å². The minimum absolute atomic E-state index is 0.361. The Morgan fingerprint density at radius 1 is 1.41 bits per heavy atom. The summed E-state index contributed by atoms with van der Waals surface area (Å²) < 4.78 is 11.4. The number of nitrogens with two attached hydrogens (primary N) is 1. The molecule has 0 radical (unpaired) electrons. The van der Waals surface area contributed by atoms with Gasteiger partial charge < -0.3 is 20.1 Å². The first-order chi connectivity index (χ1) is 8.31. The van der Waals surface area contributed by atoms with Gasteiger partial charge in [-0.15, -0.1) is 0 Å². The van der Waals surface area contributed by atoms with Crippen LogP contribution in [0.2, 0.25) is 0 Å². The summed E-state index contributed by atoms with van der Waals surface area (Å²) in [5.74, 6) is 1.15. The van der Waals surface area contributed by atoms with Gasteiger partial charge in [0.25, 0.3) is 0 Å². The quantitative estimate of drug-likeness (QED) is 0.772. The molecule has 1 spiro atoms. The molecule has 3 heterocycles. The van der Waals surface area contributed by atoms with E-state index < -0.39 is 5.79 Å². The van der Waals surface area contributed by atoms with E-state index in [-0.39, 0.29) is 0 Å². The van der Waals surface area contributed by atoms with Gasteiger partial charge in [0, 0.05) is 19.2 Å². The van der Waals surface area contributed by atoms with Crippen LogP contribution in [0.25, 0.3) is 0 Å². The lowest BCUT2D eigenvalue weighted by Crippen LogP contribution is -2.34. The number of anilines is 1. The van der Waals surface area contributed by atoms with Crippen molar-refractivity contribution in [2.45, 2.75) is 18.8 Å². The third kappa shape index (κ3) is 1.99. The van der Waals surface area contributed by atoms with Gasteiger partial charge in [-0.1, -0.05) is 0 Å². The van der Waals surface area contributed by atoms with Crippen molar-refractivity contribution in [3.05, 3.63) is 18.1 Å². The predicted molar refractivity (Wildman–Crippen MR) is 61.4 cm³/mol. The average molecular weight is 236 g/mol. The van der Waals surface area contributed by atoms with Gasteiger partial charge in [-0.3, -0.25) is 0 Å². The maximum Gasteiger partial charge on any atom is 0.187 e. The van der Waals surface area contributed by atoms with Gasteiger partial charge in [-0.05, 0) is 6.07 Å². The van der Waals surface area contributed by atoms with Gasteiger partial charge >= 0.3 is 0 Å². The lowest BCUT2D eigenvalue weighted by molar-refractivity contribution is -0.137. The third-order valence-corrected chi connectivity index (χ3v) is 3.21. The minimum atomic E-state index is -0.409. The highest BCUT2D eigenvalue weighted by molar-refractivity contribution is 5.39. The molecule has 0 unspecified atom stereocenters. The highest BCUT2D eigenvalue weighted by Crippen LogP contribution is 2.32. The molecule has 17 heavy (non-hydrogen) atoms. The molecule has 2 fully saturated rings. The van der Waals surface area contributed by atoms with Crippen molar-refractivity contribution < 1.29 is 9.47 Å². The standard InChI is InChI=1S/C11H16N4O2/c12-7-9-13-3-1-10(14-9)15-4-2-11(8-15)16-5-6-17-11/h1,3H,2,4-8,12H2. The summed E-state index contributed by atoms with van der Waals surface area (Å²) in [6.07, 6.45) is 2.63. The van der Waals surface area contributed by atoms with Crippen LogP contribution >= 0.6 is 0 Å². The fourth-order valence-electron chi connectivity index (χ4n) is 2.35. The second-order valence-corrected chi connectivity index (χ2v) is 4.31. The Kier molecular flexibility index (Phi) is 2.70. The minimum Gasteiger partial charge on any atom is -0.351 e. The molecule has 3 rings (SSSR count). The van der Waals surface area contributed by atoms with E-state index in [1.165, 1.54) is 0 Å². The first kappa shape index (κ1) is 10.9. The summed E-state index contributed by atoms with van der Waals surface area (Å²) in [6.45, 7) is 3.35. The van der Waals surface area contributed by atoms with E-state index in [0.717, 1.165) is 25.3 Å². The van der Waals surface area contributed by atoms with Gasteiger partial charge in [0.15, 0.2) is 5.79 Å². The molecule has 6 nitrogen and oxygen atoms in total. The predicted octanol–water partition coefficient (Wildman–Crippen LogP) is -0.111. The van der Waals surface area contributed by atoms with Crippen molar-refractivity contribution in [1.29, 1.82) is 0 Å². The van der Waals surface area contributed by atoms with Crippen molar-refractivity contribution in [1.82, 2.24) is 9.97 Å². The van der Waals surface area contributed by atoms with Gasteiger partial charge in [0.1, 0.15) is 11.6 Å². The first-order valence-corrected chi connectivity index (χ1v) is 5.86. The summed E-state index contributed by atoms with van der Waals surface area (Å²) in [6, 6.07) is 1.90. The molecule has 1 aromatic rings. The Morgan fingerprint density at radius 3 is 3.00 bits per heavy atom. The fraction of sp³-hybridized carbons (Fsp3) is 0.636. The molecule has 2 aliphatic heterocycles. The van der Waals surface area contributed by atoms with Crippen molar-refractivity contribution in [2.75, 3.05) is 31.2 Å². The van der Waals surface area contributed by atoms with E-state index in [2.05, 4.69) is 14.9 Å². The van der Waals surface area contributed by atoms with Crippen LogP contribution in [0.5, 0.6) is 0 Å². The number of hydrogen-bond donors (Lipinski definition) is 1. The van der Waals surface area contributed by atoms with E-state index in [4.69, 9.17) is 15.2 Å². The number of aromatic nitrogens is 2. The molecule has 2 N–H and O–H groups in total. The van der Waals surface area contributed by atoms with Gasteiger partial charge in [-0.2, -0.15) is 0 Å². The molecule has 0 atom stereocenters. The molecule has 2 aliphatic rings. The Hall–Kier alpha value is -1.24. The normalized spacial score (nSPS) is 22.5. The maximum atomic E-state index is 5.68. The fourth-order valence-corrected chi connectivity index (χ4v) is 2.35. The lowest BCUT2D eigenvalue weighted by Gasteiger charge is -2.22. The van der Waals surface area contributed by atoms with Crippen LogP contribution in [0.4, 0.5) is 5.82 Å².